The normalized spacial score (nSPS) is 10.9. The van der Waals surface area contributed by atoms with Crippen LogP contribution >= 0.6 is 0 Å². The minimum absolute atomic E-state index is 1.00. The average Bonchev–Trinajstić information content (AvgIpc) is 2.72. The number of aryl methyl sites for hydroxylation is 2. The third-order valence-electron chi connectivity index (χ3n) is 2.99. The van der Waals surface area contributed by atoms with E-state index in [1.807, 2.05) is 26.1 Å². The van der Waals surface area contributed by atoms with Crippen molar-refractivity contribution in [2.75, 3.05) is 0 Å². The standard InChI is InChI=1S/C14H13N3/c1-9-3-4-12(8-15-9)11-5-6-13-10(2)16-17-14(13)7-11/h3-8H,1-2H3,(H,16,17). The van der Waals surface area contributed by atoms with E-state index in [2.05, 4.69) is 39.4 Å². The number of hydrogen-bond donors (Lipinski definition) is 1. The number of hydrogen-bond acceptors (Lipinski definition) is 2. The van der Waals surface area contributed by atoms with Crippen LogP contribution in [0.5, 0.6) is 0 Å². The van der Waals surface area contributed by atoms with E-state index in [1.165, 1.54) is 5.39 Å². The highest BCUT2D eigenvalue weighted by Gasteiger charge is 2.04. The van der Waals surface area contributed by atoms with Crippen LogP contribution in [0, 0.1) is 13.8 Å². The summed E-state index contributed by atoms with van der Waals surface area (Å²) in [7, 11) is 0. The molecule has 84 valence electrons. The van der Waals surface area contributed by atoms with Gasteiger partial charge >= 0.3 is 0 Å². The Morgan fingerprint density at radius 2 is 1.82 bits per heavy atom. The molecule has 0 bridgehead atoms. The van der Waals surface area contributed by atoms with Crippen molar-refractivity contribution in [2.45, 2.75) is 13.8 Å². The van der Waals surface area contributed by atoms with Gasteiger partial charge < -0.3 is 0 Å². The molecule has 17 heavy (non-hydrogen) atoms. The third-order valence-corrected chi connectivity index (χ3v) is 2.99. The third kappa shape index (κ3) is 1.69. The second kappa shape index (κ2) is 3.70. The first-order valence-corrected chi connectivity index (χ1v) is 5.62. The van der Waals surface area contributed by atoms with E-state index in [-0.39, 0.29) is 0 Å². The summed E-state index contributed by atoms with van der Waals surface area (Å²) in [5, 5.41) is 8.45. The number of nitrogens with zero attached hydrogens (tertiary/aromatic N) is 2. The molecule has 2 heterocycles. The molecule has 1 N–H and O–H groups in total. The predicted molar refractivity (Wildman–Crippen MR) is 68.8 cm³/mol. The Kier molecular flexibility index (Phi) is 2.18. The Bertz CT molecular complexity index is 666. The summed E-state index contributed by atoms with van der Waals surface area (Å²) in [4.78, 5) is 4.31. The molecule has 3 nitrogen and oxygen atoms in total. The van der Waals surface area contributed by atoms with Crippen molar-refractivity contribution < 1.29 is 0 Å². The van der Waals surface area contributed by atoms with Gasteiger partial charge in [-0.25, -0.2) is 0 Å². The number of aromatic amines is 1. The second-order valence-electron chi connectivity index (χ2n) is 4.27. The number of benzene rings is 1. The van der Waals surface area contributed by atoms with E-state index < -0.39 is 0 Å². The minimum atomic E-state index is 1.00. The summed E-state index contributed by atoms with van der Waals surface area (Å²) in [6, 6.07) is 10.4. The summed E-state index contributed by atoms with van der Waals surface area (Å²) >= 11 is 0. The zero-order valence-corrected chi connectivity index (χ0v) is 9.86. The highest BCUT2D eigenvalue weighted by molar-refractivity contribution is 5.85. The lowest BCUT2D eigenvalue weighted by Gasteiger charge is -2.01. The second-order valence-corrected chi connectivity index (χ2v) is 4.27. The molecule has 0 saturated carbocycles. The minimum Gasteiger partial charge on any atom is -0.282 e. The topological polar surface area (TPSA) is 41.6 Å². The Balaban J connectivity index is 2.14. The molecule has 0 radical (unpaired) electrons. The Labute approximate surface area is 99.5 Å². The first-order chi connectivity index (χ1) is 8.24. The number of rotatable bonds is 1. The molecule has 3 rings (SSSR count). The van der Waals surface area contributed by atoms with Crippen LogP contribution in [0.3, 0.4) is 0 Å². The van der Waals surface area contributed by atoms with Crippen molar-refractivity contribution >= 4 is 10.9 Å². The van der Waals surface area contributed by atoms with E-state index in [0.717, 1.165) is 28.0 Å². The number of fused-ring (bicyclic) bond motifs is 1. The molecule has 0 atom stereocenters. The molecule has 3 aromatic rings. The van der Waals surface area contributed by atoms with Crippen LogP contribution in [-0.4, -0.2) is 15.2 Å². The summed E-state index contributed by atoms with van der Waals surface area (Å²) < 4.78 is 0. The maximum Gasteiger partial charge on any atom is 0.0929 e. The first kappa shape index (κ1) is 10.0. The van der Waals surface area contributed by atoms with Crippen LogP contribution in [-0.2, 0) is 0 Å². The molecule has 0 amide bonds. The molecule has 0 aliphatic rings. The van der Waals surface area contributed by atoms with Crippen LogP contribution in [0.1, 0.15) is 11.4 Å². The van der Waals surface area contributed by atoms with E-state index in [4.69, 9.17) is 0 Å². The monoisotopic (exact) mass is 223 g/mol. The number of H-pyrrole nitrogens is 1. The zero-order chi connectivity index (χ0) is 11.8. The van der Waals surface area contributed by atoms with Gasteiger partial charge in [-0.3, -0.25) is 10.1 Å². The van der Waals surface area contributed by atoms with E-state index in [0.29, 0.717) is 0 Å². The van der Waals surface area contributed by atoms with Crippen LogP contribution in [0.15, 0.2) is 36.5 Å². The van der Waals surface area contributed by atoms with Gasteiger partial charge in [-0.05, 0) is 31.5 Å². The Morgan fingerprint density at radius 3 is 2.59 bits per heavy atom. The molecule has 0 spiro atoms. The number of nitrogens with one attached hydrogen (secondary N) is 1. The molecular weight excluding hydrogens is 210 g/mol. The SMILES string of the molecule is Cc1ccc(-c2ccc3c(C)[nH]nc3c2)cn1. The van der Waals surface area contributed by atoms with Crippen molar-refractivity contribution in [3.63, 3.8) is 0 Å². The zero-order valence-electron chi connectivity index (χ0n) is 9.86. The van der Waals surface area contributed by atoms with Gasteiger partial charge in [0, 0.05) is 28.5 Å². The smallest absolute Gasteiger partial charge is 0.0929 e. The van der Waals surface area contributed by atoms with E-state index >= 15 is 0 Å². The van der Waals surface area contributed by atoms with Crippen molar-refractivity contribution in [1.82, 2.24) is 15.2 Å². The summed E-state index contributed by atoms with van der Waals surface area (Å²) in [6.45, 7) is 4.02. The molecule has 1 aromatic carbocycles. The van der Waals surface area contributed by atoms with Gasteiger partial charge in [-0.1, -0.05) is 18.2 Å². The molecule has 3 heteroatoms. The lowest BCUT2D eigenvalue weighted by Crippen LogP contribution is -1.83. The first-order valence-electron chi connectivity index (χ1n) is 5.62. The quantitative estimate of drug-likeness (QED) is 0.688. The van der Waals surface area contributed by atoms with Gasteiger partial charge in [-0.2, -0.15) is 5.10 Å². The Morgan fingerprint density at radius 1 is 1.00 bits per heavy atom. The fourth-order valence-corrected chi connectivity index (χ4v) is 1.96. The highest BCUT2D eigenvalue weighted by Crippen LogP contribution is 2.24. The van der Waals surface area contributed by atoms with Gasteiger partial charge in [0.15, 0.2) is 0 Å². The van der Waals surface area contributed by atoms with Crippen LogP contribution < -0.4 is 0 Å². The summed E-state index contributed by atoms with van der Waals surface area (Å²) in [5.74, 6) is 0. The maximum absolute atomic E-state index is 4.31. The van der Waals surface area contributed by atoms with Crippen molar-refractivity contribution in [3.05, 3.63) is 47.9 Å². The summed E-state index contributed by atoms with van der Waals surface area (Å²) in [6.07, 6.45) is 1.90. The van der Waals surface area contributed by atoms with E-state index in [1.54, 1.807) is 0 Å². The maximum atomic E-state index is 4.31. The van der Waals surface area contributed by atoms with Crippen LogP contribution in [0.25, 0.3) is 22.0 Å². The molecule has 0 saturated heterocycles. The average molecular weight is 223 g/mol. The summed E-state index contributed by atoms with van der Waals surface area (Å²) in [5.41, 5.74) is 5.41. The van der Waals surface area contributed by atoms with Crippen LogP contribution in [0.4, 0.5) is 0 Å². The van der Waals surface area contributed by atoms with Crippen molar-refractivity contribution in [2.24, 2.45) is 0 Å². The largest absolute Gasteiger partial charge is 0.282 e. The van der Waals surface area contributed by atoms with Crippen molar-refractivity contribution in [1.29, 1.82) is 0 Å². The van der Waals surface area contributed by atoms with Gasteiger partial charge in [0.25, 0.3) is 0 Å². The fraction of sp³-hybridized carbons (Fsp3) is 0.143. The van der Waals surface area contributed by atoms with Crippen LogP contribution in [0.2, 0.25) is 0 Å². The number of pyridine rings is 1. The van der Waals surface area contributed by atoms with Gasteiger partial charge in [0.1, 0.15) is 0 Å². The Hall–Kier alpha value is -2.16. The molecule has 2 aromatic heterocycles. The van der Waals surface area contributed by atoms with Crippen molar-refractivity contribution in [3.8, 4) is 11.1 Å². The van der Waals surface area contributed by atoms with E-state index in [9.17, 15) is 0 Å². The van der Waals surface area contributed by atoms with Gasteiger partial charge in [-0.15, -0.1) is 0 Å². The number of aromatic nitrogens is 3. The lowest BCUT2D eigenvalue weighted by molar-refractivity contribution is 1.07. The predicted octanol–water partition coefficient (Wildman–Crippen LogP) is 3.24. The molecular formula is C14H13N3. The molecule has 0 aliphatic carbocycles. The molecule has 0 fully saturated rings. The van der Waals surface area contributed by atoms with Gasteiger partial charge in [0.05, 0.1) is 5.52 Å². The van der Waals surface area contributed by atoms with Gasteiger partial charge in [0.2, 0.25) is 0 Å². The lowest BCUT2D eigenvalue weighted by atomic mass is 10.1. The highest BCUT2D eigenvalue weighted by atomic mass is 15.1. The fourth-order valence-electron chi connectivity index (χ4n) is 1.96. The molecule has 0 unspecified atom stereocenters. The molecule has 0 aliphatic heterocycles.